The zero-order chi connectivity index (χ0) is 14.0. The Balaban J connectivity index is 2.26. The lowest BCUT2D eigenvalue weighted by molar-refractivity contribution is -0.120. The van der Waals surface area contributed by atoms with Crippen LogP contribution in [0.5, 0.6) is 0 Å². The number of hydrogen-bond acceptors (Lipinski definition) is 2. The average Bonchev–Trinajstić information content (AvgIpc) is 2.42. The first-order valence-corrected chi connectivity index (χ1v) is 6.83. The maximum Gasteiger partial charge on any atom is 0.232 e. The minimum atomic E-state index is 0.127. The molecule has 1 aliphatic rings. The van der Waals surface area contributed by atoms with E-state index in [0.717, 1.165) is 19.5 Å². The molecule has 0 radical (unpaired) electrons. The van der Waals surface area contributed by atoms with Crippen LogP contribution < -0.4 is 0 Å². The van der Waals surface area contributed by atoms with E-state index in [1.165, 1.54) is 16.7 Å². The summed E-state index contributed by atoms with van der Waals surface area (Å²) in [7, 11) is 0. The molecule has 1 aromatic rings. The smallest absolute Gasteiger partial charge is 0.232 e. The number of aryl methyl sites for hydroxylation is 1. The van der Waals surface area contributed by atoms with E-state index in [-0.39, 0.29) is 5.88 Å². The maximum atomic E-state index is 12.3. The number of piperidine rings is 1. The highest BCUT2D eigenvalue weighted by molar-refractivity contribution is 5.36. The Morgan fingerprint density at radius 2 is 2.16 bits per heavy atom. The number of halogens is 1. The first kappa shape index (κ1) is 13.9. The first-order valence-electron chi connectivity index (χ1n) is 6.83. The van der Waals surface area contributed by atoms with Gasteiger partial charge >= 0.3 is 0 Å². The summed E-state index contributed by atoms with van der Waals surface area (Å²) in [4.78, 5) is 5.69. The fourth-order valence-electron chi connectivity index (χ4n) is 2.92. The van der Waals surface area contributed by atoms with Gasteiger partial charge < -0.3 is 4.90 Å². The van der Waals surface area contributed by atoms with Crippen LogP contribution in [0, 0.1) is 19.8 Å². The Morgan fingerprint density at radius 1 is 1.42 bits per heavy atom. The van der Waals surface area contributed by atoms with Gasteiger partial charge in [-0.2, -0.15) is 0 Å². The summed E-state index contributed by atoms with van der Waals surface area (Å²) in [5.74, 6) is 1.12. The standard InChI is InChI=1S/C16H22FNO/c1-11-6-5-7-15(13(11)3)16-10-18(14(4)19-17)9-8-12(16)2/h5-7,12,16H,4,8-10H2,1-3H3. The molecule has 1 fully saturated rings. The third-order valence-electron chi connectivity index (χ3n) is 4.45. The largest absolute Gasteiger partial charge is 0.340 e. The molecule has 2 atom stereocenters. The van der Waals surface area contributed by atoms with Crippen LogP contribution >= 0.6 is 0 Å². The van der Waals surface area contributed by atoms with Gasteiger partial charge in [0.1, 0.15) is 0 Å². The molecular formula is C16H22FNO. The number of likely N-dealkylation sites (tertiary alicyclic amines) is 1. The molecule has 0 N–H and O–H groups in total. The molecule has 1 aliphatic heterocycles. The third-order valence-corrected chi connectivity index (χ3v) is 4.45. The van der Waals surface area contributed by atoms with Crippen molar-refractivity contribution in [1.82, 2.24) is 4.90 Å². The van der Waals surface area contributed by atoms with Crippen LogP contribution in [0.1, 0.15) is 36.0 Å². The van der Waals surface area contributed by atoms with Crippen molar-refractivity contribution in [2.75, 3.05) is 13.1 Å². The Kier molecular flexibility index (Phi) is 4.13. The molecule has 0 spiro atoms. The van der Waals surface area contributed by atoms with Gasteiger partial charge in [-0.15, -0.1) is 0 Å². The molecule has 0 aromatic heterocycles. The molecule has 1 aromatic carbocycles. The molecule has 0 bridgehead atoms. The van der Waals surface area contributed by atoms with Crippen molar-refractivity contribution in [3.63, 3.8) is 0 Å². The van der Waals surface area contributed by atoms with Gasteiger partial charge in [-0.25, -0.2) is 0 Å². The normalized spacial score (nSPS) is 23.3. The minimum absolute atomic E-state index is 0.127. The SMILES string of the molecule is C=C(OF)N1CCC(C)C(c2cccc(C)c2C)C1. The van der Waals surface area contributed by atoms with E-state index >= 15 is 0 Å². The van der Waals surface area contributed by atoms with Crippen molar-refractivity contribution in [3.8, 4) is 0 Å². The monoisotopic (exact) mass is 263 g/mol. The lowest BCUT2D eigenvalue weighted by atomic mass is 9.79. The molecule has 3 heteroatoms. The van der Waals surface area contributed by atoms with Crippen LogP contribution in [0.15, 0.2) is 30.7 Å². The molecule has 1 heterocycles. The average molecular weight is 263 g/mol. The topological polar surface area (TPSA) is 12.5 Å². The van der Waals surface area contributed by atoms with E-state index in [2.05, 4.69) is 50.5 Å². The lowest BCUT2D eigenvalue weighted by Crippen LogP contribution is -2.38. The molecule has 2 rings (SSSR count). The van der Waals surface area contributed by atoms with Crippen LogP contribution in [0.2, 0.25) is 0 Å². The minimum Gasteiger partial charge on any atom is -0.340 e. The summed E-state index contributed by atoms with van der Waals surface area (Å²) < 4.78 is 12.3. The zero-order valence-corrected chi connectivity index (χ0v) is 11.9. The summed E-state index contributed by atoms with van der Waals surface area (Å²) in [5.41, 5.74) is 4.01. The van der Waals surface area contributed by atoms with Gasteiger partial charge in [0.05, 0.1) is 0 Å². The van der Waals surface area contributed by atoms with Gasteiger partial charge in [0.15, 0.2) is 0 Å². The third kappa shape index (κ3) is 2.75. The maximum absolute atomic E-state index is 12.3. The first-order chi connectivity index (χ1) is 9.04. The summed E-state index contributed by atoms with van der Waals surface area (Å²) >= 11 is 0. The zero-order valence-electron chi connectivity index (χ0n) is 11.9. The van der Waals surface area contributed by atoms with E-state index in [4.69, 9.17) is 0 Å². The molecule has 104 valence electrons. The van der Waals surface area contributed by atoms with Crippen molar-refractivity contribution in [3.05, 3.63) is 47.4 Å². The molecule has 0 saturated carbocycles. The fourth-order valence-corrected chi connectivity index (χ4v) is 2.92. The van der Waals surface area contributed by atoms with Gasteiger partial charge in [0, 0.05) is 23.5 Å². The van der Waals surface area contributed by atoms with E-state index < -0.39 is 0 Å². The summed E-state index contributed by atoms with van der Waals surface area (Å²) in [6.45, 7) is 11.8. The second-order valence-corrected chi connectivity index (χ2v) is 5.58. The van der Waals surface area contributed by atoms with Gasteiger partial charge in [-0.3, -0.25) is 4.94 Å². The van der Waals surface area contributed by atoms with E-state index in [1.54, 1.807) is 0 Å². The van der Waals surface area contributed by atoms with Crippen LogP contribution in [0.4, 0.5) is 4.53 Å². The highest BCUT2D eigenvalue weighted by atomic mass is 19.3. The van der Waals surface area contributed by atoms with Crippen molar-refractivity contribution in [2.45, 2.75) is 33.1 Å². The van der Waals surface area contributed by atoms with Crippen LogP contribution in [-0.2, 0) is 4.94 Å². The summed E-state index contributed by atoms with van der Waals surface area (Å²) in [6, 6.07) is 6.42. The second kappa shape index (κ2) is 5.64. The number of benzene rings is 1. The summed E-state index contributed by atoms with van der Waals surface area (Å²) in [6.07, 6.45) is 1.03. The molecule has 0 aliphatic carbocycles. The fraction of sp³-hybridized carbons (Fsp3) is 0.500. The highest BCUT2D eigenvalue weighted by Crippen LogP contribution is 2.35. The van der Waals surface area contributed by atoms with Gasteiger partial charge in [0.2, 0.25) is 5.88 Å². The molecule has 1 saturated heterocycles. The van der Waals surface area contributed by atoms with Crippen molar-refractivity contribution >= 4 is 0 Å². The predicted molar refractivity (Wildman–Crippen MR) is 75.3 cm³/mol. The summed E-state index contributed by atoms with van der Waals surface area (Å²) in [5, 5.41) is 0. The van der Waals surface area contributed by atoms with Crippen LogP contribution in [0.25, 0.3) is 0 Å². The molecule has 2 nitrogen and oxygen atoms in total. The number of rotatable bonds is 3. The second-order valence-electron chi connectivity index (χ2n) is 5.58. The van der Waals surface area contributed by atoms with Crippen molar-refractivity contribution in [1.29, 1.82) is 0 Å². The van der Waals surface area contributed by atoms with Gasteiger partial charge in [0.25, 0.3) is 0 Å². The Morgan fingerprint density at radius 3 is 2.84 bits per heavy atom. The molecule has 2 unspecified atom stereocenters. The van der Waals surface area contributed by atoms with E-state index in [1.807, 2.05) is 4.90 Å². The Bertz CT molecular complexity index is 472. The number of nitrogens with zero attached hydrogens (tertiary/aromatic N) is 1. The van der Waals surface area contributed by atoms with Crippen LogP contribution in [-0.4, -0.2) is 18.0 Å². The Labute approximate surface area is 114 Å². The predicted octanol–water partition coefficient (Wildman–Crippen LogP) is 4.10. The lowest BCUT2D eigenvalue weighted by Gasteiger charge is -2.38. The van der Waals surface area contributed by atoms with Crippen molar-refractivity contribution < 1.29 is 9.47 Å². The van der Waals surface area contributed by atoms with E-state index in [9.17, 15) is 4.53 Å². The molecular weight excluding hydrogens is 241 g/mol. The Hall–Kier alpha value is -1.51. The van der Waals surface area contributed by atoms with E-state index in [0.29, 0.717) is 11.8 Å². The van der Waals surface area contributed by atoms with Crippen molar-refractivity contribution in [2.24, 2.45) is 5.92 Å². The quantitative estimate of drug-likeness (QED) is 0.761. The van der Waals surface area contributed by atoms with Gasteiger partial charge in [-0.1, -0.05) is 25.1 Å². The van der Waals surface area contributed by atoms with Crippen LogP contribution in [0.3, 0.4) is 0 Å². The highest BCUT2D eigenvalue weighted by Gasteiger charge is 2.29. The molecule has 19 heavy (non-hydrogen) atoms. The van der Waals surface area contributed by atoms with Gasteiger partial charge in [-0.05, 0) is 49.5 Å². The number of hydrogen-bond donors (Lipinski definition) is 0. The molecule has 0 amide bonds.